The van der Waals surface area contributed by atoms with Gasteiger partial charge in [0.15, 0.2) is 11.6 Å². The third-order valence-corrected chi connectivity index (χ3v) is 6.05. The second-order valence-corrected chi connectivity index (χ2v) is 8.21. The van der Waals surface area contributed by atoms with Crippen molar-refractivity contribution in [3.63, 3.8) is 0 Å². The van der Waals surface area contributed by atoms with Crippen LogP contribution in [0.3, 0.4) is 0 Å². The molecule has 2 aromatic carbocycles. The number of nitrogens with two attached hydrogens (primary N) is 1. The summed E-state index contributed by atoms with van der Waals surface area (Å²) in [6.45, 7) is 3.97. The van der Waals surface area contributed by atoms with Gasteiger partial charge in [0, 0.05) is 35.9 Å². The van der Waals surface area contributed by atoms with Gasteiger partial charge < -0.3 is 25.6 Å². The van der Waals surface area contributed by atoms with Crippen LogP contribution in [0.25, 0.3) is 10.9 Å². The lowest BCUT2D eigenvalue weighted by atomic mass is 9.97. The van der Waals surface area contributed by atoms with E-state index in [1.807, 2.05) is 24.3 Å². The van der Waals surface area contributed by atoms with E-state index in [-0.39, 0.29) is 29.2 Å². The molecule has 0 bridgehead atoms. The molecule has 0 fully saturated rings. The summed E-state index contributed by atoms with van der Waals surface area (Å²) in [6.07, 6.45) is 4.77. The van der Waals surface area contributed by atoms with Crippen LogP contribution in [-0.4, -0.2) is 44.0 Å². The number of rotatable bonds is 4. The highest BCUT2D eigenvalue weighted by Gasteiger charge is 2.29. The predicted molar refractivity (Wildman–Crippen MR) is 132 cm³/mol. The fourth-order valence-electron chi connectivity index (χ4n) is 4.41. The van der Waals surface area contributed by atoms with Crippen LogP contribution in [0.5, 0.6) is 5.75 Å². The molecule has 1 aliphatic rings. The van der Waals surface area contributed by atoms with E-state index in [1.54, 1.807) is 17.2 Å². The van der Waals surface area contributed by atoms with Crippen molar-refractivity contribution >= 4 is 40.0 Å². The number of nitrogens with zero attached hydrogens (tertiary/aromatic N) is 4. The minimum atomic E-state index is -0.797. The molecular weight excluding hydrogens is 449 g/mol. The van der Waals surface area contributed by atoms with Crippen molar-refractivity contribution in [2.75, 3.05) is 22.5 Å². The molecule has 0 radical (unpaired) electrons. The van der Waals surface area contributed by atoms with Crippen LogP contribution < -0.4 is 16.0 Å². The van der Waals surface area contributed by atoms with Gasteiger partial charge >= 0.3 is 0 Å². The summed E-state index contributed by atoms with van der Waals surface area (Å²) in [6, 6.07) is 11.5. The van der Waals surface area contributed by atoms with E-state index in [4.69, 9.17) is 11.1 Å². The van der Waals surface area contributed by atoms with Crippen LogP contribution in [0.4, 0.5) is 21.7 Å². The first-order chi connectivity index (χ1) is 16.9. The van der Waals surface area contributed by atoms with Crippen molar-refractivity contribution in [2.45, 2.75) is 12.5 Å². The summed E-state index contributed by atoms with van der Waals surface area (Å²) in [5.41, 5.74) is 8.60. The highest BCUT2D eigenvalue weighted by Crippen LogP contribution is 2.31. The zero-order chi connectivity index (χ0) is 24.7. The molecule has 1 amide bonds. The van der Waals surface area contributed by atoms with E-state index >= 15 is 0 Å². The van der Waals surface area contributed by atoms with Crippen molar-refractivity contribution in [2.24, 2.45) is 0 Å². The Kier molecular flexibility index (Phi) is 5.40. The van der Waals surface area contributed by atoms with E-state index in [0.29, 0.717) is 29.7 Å². The number of benzene rings is 2. The highest BCUT2D eigenvalue weighted by atomic mass is 19.1. The summed E-state index contributed by atoms with van der Waals surface area (Å²) >= 11 is 0. The molecule has 1 aliphatic heterocycles. The Morgan fingerprint density at radius 2 is 2.09 bits per heavy atom. The van der Waals surface area contributed by atoms with Crippen LogP contribution in [0.1, 0.15) is 11.1 Å². The molecule has 3 heterocycles. The lowest BCUT2D eigenvalue weighted by Crippen LogP contribution is -2.45. The Hall–Kier alpha value is -4.73. The van der Waals surface area contributed by atoms with Crippen LogP contribution in [-0.2, 0) is 11.2 Å². The summed E-state index contributed by atoms with van der Waals surface area (Å²) < 4.78 is 15.5. The number of phenolic OH excluding ortho intramolecular Hbond substituents is 1. The first-order valence-electron chi connectivity index (χ1n) is 10.8. The molecule has 1 unspecified atom stereocenters. The van der Waals surface area contributed by atoms with Gasteiger partial charge in [0.05, 0.1) is 5.52 Å². The van der Waals surface area contributed by atoms with Crippen molar-refractivity contribution in [1.29, 1.82) is 5.41 Å². The first kappa shape index (κ1) is 22.1. The average molecular weight is 471 g/mol. The third-order valence-electron chi connectivity index (χ3n) is 6.05. The number of halogens is 1. The Labute approximate surface area is 199 Å². The number of hydrogen-bond donors (Lipinski definition) is 4. The quantitative estimate of drug-likeness (QED) is 0.205. The van der Waals surface area contributed by atoms with E-state index in [9.17, 15) is 14.3 Å². The molecule has 0 saturated heterocycles. The number of phenols is 1. The molecule has 0 saturated carbocycles. The average Bonchev–Trinajstić information content (AvgIpc) is 3.25. The van der Waals surface area contributed by atoms with Crippen molar-refractivity contribution < 1.29 is 14.3 Å². The highest BCUT2D eigenvalue weighted by molar-refractivity contribution is 6.09. The number of aromatic nitrogens is 3. The van der Waals surface area contributed by atoms with Gasteiger partial charge in [0.25, 0.3) is 0 Å². The minimum absolute atomic E-state index is 0.0686. The van der Waals surface area contributed by atoms with Crippen LogP contribution in [0.15, 0.2) is 67.6 Å². The van der Waals surface area contributed by atoms with Gasteiger partial charge in [-0.2, -0.15) is 0 Å². The largest absolute Gasteiger partial charge is 0.505 e. The van der Waals surface area contributed by atoms with Gasteiger partial charge in [-0.1, -0.05) is 24.8 Å². The van der Waals surface area contributed by atoms with Gasteiger partial charge in [-0.3, -0.25) is 10.2 Å². The predicted octanol–water partition coefficient (Wildman–Crippen LogP) is 3.29. The van der Waals surface area contributed by atoms with Gasteiger partial charge in [-0.25, -0.2) is 14.4 Å². The summed E-state index contributed by atoms with van der Waals surface area (Å²) in [7, 11) is 0. The molecule has 176 valence electrons. The number of carbonyl (C=O) groups excluding carboxylic acids is 1. The van der Waals surface area contributed by atoms with E-state index in [0.717, 1.165) is 17.3 Å². The summed E-state index contributed by atoms with van der Waals surface area (Å²) in [5.74, 6) is -1.16. The zero-order valence-electron chi connectivity index (χ0n) is 18.6. The van der Waals surface area contributed by atoms with Gasteiger partial charge in [-0.15, -0.1) is 0 Å². The molecular formula is C25H22FN7O2. The van der Waals surface area contributed by atoms with E-state index < -0.39 is 11.6 Å². The molecule has 4 aromatic rings. The van der Waals surface area contributed by atoms with Crippen molar-refractivity contribution in [3.8, 4) is 5.75 Å². The van der Waals surface area contributed by atoms with Crippen LogP contribution in [0.2, 0.25) is 0 Å². The number of carbonyl (C=O) groups is 1. The monoisotopic (exact) mass is 471 g/mol. The summed E-state index contributed by atoms with van der Waals surface area (Å²) in [4.78, 5) is 22.6. The maximum Gasteiger partial charge on any atom is 0.250 e. The molecule has 35 heavy (non-hydrogen) atoms. The van der Waals surface area contributed by atoms with Crippen molar-refractivity contribution in [3.05, 3.63) is 84.6 Å². The maximum absolute atomic E-state index is 14.1. The molecule has 5 N–H and O–H groups in total. The normalized spacial score (nSPS) is 15.0. The standard InChI is InChI=1S/C25H22FN7O2/c1-2-21(35)33-12-16(9-14-5-3-4-6-18(14)33)31-25-22(23(27)29-13-30-25)24(28)32-8-7-15-10-20(34)17(26)11-19(15)32/h2-8,10-11,13,16,28,34H,1,9,12H2,(H3,27,29,30,31). The maximum atomic E-state index is 14.1. The number of aromatic hydroxyl groups is 1. The molecule has 5 rings (SSSR count). The lowest BCUT2D eigenvalue weighted by molar-refractivity contribution is -0.114. The third kappa shape index (κ3) is 3.84. The fourth-order valence-corrected chi connectivity index (χ4v) is 4.41. The molecule has 0 aliphatic carbocycles. The number of hydrogen-bond acceptors (Lipinski definition) is 7. The Bertz CT molecular complexity index is 1500. The molecule has 9 nitrogen and oxygen atoms in total. The Morgan fingerprint density at radius 1 is 1.29 bits per heavy atom. The number of nitrogens with one attached hydrogen (secondary N) is 2. The van der Waals surface area contributed by atoms with Gasteiger partial charge in [-0.05, 0) is 36.3 Å². The number of nitrogen functional groups attached to an aromatic ring is 1. The topological polar surface area (TPSA) is 133 Å². The van der Waals surface area contributed by atoms with Gasteiger partial charge in [0.2, 0.25) is 5.91 Å². The first-order valence-corrected chi connectivity index (χ1v) is 10.8. The van der Waals surface area contributed by atoms with Crippen LogP contribution in [0, 0.1) is 11.2 Å². The van der Waals surface area contributed by atoms with E-state index in [1.165, 1.54) is 23.0 Å². The molecule has 10 heteroatoms. The second-order valence-electron chi connectivity index (χ2n) is 8.21. The minimum Gasteiger partial charge on any atom is -0.505 e. The Morgan fingerprint density at radius 3 is 2.89 bits per heavy atom. The number of para-hydroxylation sites is 1. The lowest BCUT2D eigenvalue weighted by Gasteiger charge is -2.35. The Balaban J connectivity index is 1.51. The molecule has 0 spiro atoms. The van der Waals surface area contributed by atoms with Crippen LogP contribution >= 0.6 is 0 Å². The van der Waals surface area contributed by atoms with Crippen molar-refractivity contribution in [1.82, 2.24) is 14.5 Å². The fraction of sp³-hybridized carbons (Fsp3) is 0.120. The van der Waals surface area contributed by atoms with E-state index in [2.05, 4.69) is 21.9 Å². The number of amides is 1. The smallest absolute Gasteiger partial charge is 0.250 e. The number of anilines is 3. The second kappa shape index (κ2) is 8.56. The SMILES string of the molecule is C=CC(=O)N1CC(Nc2ncnc(N)c2C(=N)n2ccc3cc(O)c(F)cc32)Cc2ccccc21. The van der Waals surface area contributed by atoms with Gasteiger partial charge in [0.1, 0.15) is 29.4 Å². The molecule has 2 aromatic heterocycles. The zero-order valence-corrected chi connectivity index (χ0v) is 18.6. The molecule has 1 atom stereocenters. The number of fused-ring (bicyclic) bond motifs is 2. The summed E-state index contributed by atoms with van der Waals surface area (Å²) in [5, 5.41) is 22.4.